The maximum atomic E-state index is 12.4. The molecule has 1 aliphatic rings. The van der Waals surface area contributed by atoms with E-state index >= 15 is 0 Å². The molecule has 0 radical (unpaired) electrons. The number of amides is 2. The molecule has 10 heteroatoms. The SMILES string of the molecule is C[C@H](NC(=O)OC(C)(C)C)C(=O)N[C@@H]1C=C[C@H](n2cnc3c(N)ncnc32)C1. The van der Waals surface area contributed by atoms with Gasteiger partial charge in [0, 0.05) is 6.04 Å². The average molecular weight is 387 g/mol. The lowest BCUT2D eigenvalue weighted by Gasteiger charge is -2.22. The molecule has 0 aliphatic heterocycles. The fourth-order valence-corrected chi connectivity index (χ4v) is 2.96. The quantitative estimate of drug-likeness (QED) is 0.673. The van der Waals surface area contributed by atoms with Gasteiger partial charge in [0.1, 0.15) is 23.5 Å². The number of allylic oxidation sites excluding steroid dienone is 1. The number of carbonyl (C=O) groups is 2. The molecule has 2 amide bonds. The smallest absolute Gasteiger partial charge is 0.408 e. The Morgan fingerprint density at radius 2 is 2.04 bits per heavy atom. The lowest BCUT2D eigenvalue weighted by atomic mass is 10.2. The summed E-state index contributed by atoms with van der Waals surface area (Å²) in [5.74, 6) is 0.0424. The predicted molar refractivity (Wildman–Crippen MR) is 103 cm³/mol. The Morgan fingerprint density at radius 1 is 1.29 bits per heavy atom. The average Bonchev–Trinajstić information content (AvgIpc) is 3.20. The Labute approximate surface area is 162 Å². The maximum absolute atomic E-state index is 12.4. The lowest BCUT2D eigenvalue weighted by molar-refractivity contribution is -0.123. The second kappa shape index (κ2) is 7.45. The minimum atomic E-state index is -0.719. The van der Waals surface area contributed by atoms with Crippen molar-refractivity contribution in [2.24, 2.45) is 0 Å². The van der Waals surface area contributed by atoms with Crippen LogP contribution in [0.5, 0.6) is 0 Å². The fraction of sp³-hybridized carbons (Fsp3) is 0.500. The molecule has 0 fully saturated rings. The van der Waals surface area contributed by atoms with E-state index in [9.17, 15) is 9.59 Å². The lowest BCUT2D eigenvalue weighted by Crippen LogP contribution is -2.48. The van der Waals surface area contributed by atoms with Crippen molar-refractivity contribution in [2.75, 3.05) is 5.73 Å². The Morgan fingerprint density at radius 3 is 2.75 bits per heavy atom. The number of aromatic nitrogens is 4. The Kier molecular flexibility index (Phi) is 5.21. The van der Waals surface area contributed by atoms with Crippen LogP contribution in [0.15, 0.2) is 24.8 Å². The van der Waals surface area contributed by atoms with E-state index in [4.69, 9.17) is 10.5 Å². The summed E-state index contributed by atoms with van der Waals surface area (Å²) in [6.07, 6.45) is 6.98. The minimum absolute atomic E-state index is 0.0151. The molecule has 150 valence electrons. The number of nitrogen functional groups attached to an aromatic ring is 1. The van der Waals surface area contributed by atoms with Gasteiger partial charge < -0.3 is 25.7 Å². The van der Waals surface area contributed by atoms with Crippen molar-refractivity contribution in [3.63, 3.8) is 0 Å². The fourth-order valence-electron chi connectivity index (χ4n) is 2.96. The topological polar surface area (TPSA) is 137 Å². The van der Waals surface area contributed by atoms with Crippen LogP contribution in [-0.2, 0) is 9.53 Å². The number of rotatable bonds is 4. The Hall–Kier alpha value is -3.17. The monoisotopic (exact) mass is 387 g/mol. The molecular formula is C18H25N7O3. The van der Waals surface area contributed by atoms with Crippen molar-refractivity contribution < 1.29 is 14.3 Å². The zero-order valence-electron chi connectivity index (χ0n) is 16.3. The predicted octanol–water partition coefficient (Wildman–Crippen LogP) is 1.31. The number of nitrogens with one attached hydrogen (secondary N) is 2. The van der Waals surface area contributed by atoms with Crippen molar-refractivity contribution >= 4 is 29.0 Å². The summed E-state index contributed by atoms with van der Waals surface area (Å²) >= 11 is 0. The molecule has 3 atom stereocenters. The van der Waals surface area contributed by atoms with Gasteiger partial charge in [0.2, 0.25) is 5.91 Å². The van der Waals surface area contributed by atoms with E-state index in [0.717, 1.165) is 0 Å². The summed E-state index contributed by atoms with van der Waals surface area (Å²) in [4.78, 5) is 36.6. The summed E-state index contributed by atoms with van der Waals surface area (Å²) in [5, 5.41) is 5.45. The van der Waals surface area contributed by atoms with Crippen LogP contribution < -0.4 is 16.4 Å². The molecule has 0 spiro atoms. The number of alkyl carbamates (subject to hydrolysis) is 1. The molecule has 2 aromatic heterocycles. The summed E-state index contributed by atoms with van der Waals surface area (Å²) in [5.41, 5.74) is 6.40. The van der Waals surface area contributed by atoms with E-state index in [-0.39, 0.29) is 18.0 Å². The van der Waals surface area contributed by atoms with Crippen molar-refractivity contribution in [2.45, 2.75) is 57.8 Å². The molecule has 4 N–H and O–H groups in total. The first-order valence-corrected chi connectivity index (χ1v) is 9.05. The van der Waals surface area contributed by atoms with Gasteiger partial charge in [-0.2, -0.15) is 0 Å². The molecule has 28 heavy (non-hydrogen) atoms. The molecule has 0 aromatic carbocycles. The second-order valence-corrected chi connectivity index (χ2v) is 7.75. The number of hydrogen-bond donors (Lipinski definition) is 3. The van der Waals surface area contributed by atoms with Gasteiger partial charge in [-0.15, -0.1) is 0 Å². The summed E-state index contributed by atoms with van der Waals surface area (Å²) < 4.78 is 7.07. The standard InChI is InChI=1S/C18H25N7O3/c1-10(23-17(27)28-18(2,3)4)16(26)24-11-5-6-12(7-11)25-9-22-13-14(19)20-8-21-15(13)25/h5-6,8-12H,7H2,1-4H3,(H,23,27)(H,24,26)(H2,19,20,21)/t10-,11+,12-/m0/s1. The number of ether oxygens (including phenoxy) is 1. The second-order valence-electron chi connectivity index (χ2n) is 7.75. The third kappa shape index (κ3) is 4.38. The van der Waals surface area contributed by atoms with Crippen LogP contribution >= 0.6 is 0 Å². The van der Waals surface area contributed by atoms with E-state index in [1.807, 2.05) is 16.7 Å². The molecule has 1 aliphatic carbocycles. The molecule has 0 bridgehead atoms. The van der Waals surface area contributed by atoms with Crippen LogP contribution in [0, 0.1) is 0 Å². The summed E-state index contributed by atoms with van der Waals surface area (Å²) in [6.45, 7) is 6.90. The van der Waals surface area contributed by atoms with Gasteiger partial charge in [-0.1, -0.05) is 12.2 Å². The molecule has 0 saturated carbocycles. The third-order valence-corrected chi connectivity index (χ3v) is 4.26. The molecule has 0 saturated heterocycles. The van der Waals surface area contributed by atoms with E-state index in [1.165, 1.54) is 6.33 Å². The first-order valence-electron chi connectivity index (χ1n) is 9.05. The summed E-state index contributed by atoms with van der Waals surface area (Å²) in [6, 6.07) is -0.903. The Balaban J connectivity index is 1.57. The molecule has 3 rings (SSSR count). The number of anilines is 1. The number of fused-ring (bicyclic) bond motifs is 1. The zero-order valence-corrected chi connectivity index (χ0v) is 16.3. The van der Waals surface area contributed by atoms with Gasteiger partial charge in [0.05, 0.1) is 12.4 Å². The first kappa shape index (κ1) is 19.6. The van der Waals surface area contributed by atoms with Gasteiger partial charge in [0.15, 0.2) is 11.5 Å². The van der Waals surface area contributed by atoms with Crippen molar-refractivity contribution in [3.8, 4) is 0 Å². The third-order valence-electron chi connectivity index (χ3n) is 4.26. The largest absolute Gasteiger partial charge is 0.444 e. The number of nitrogens with zero attached hydrogens (tertiary/aromatic N) is 4. The highest BCUT2D eigenvalue weighted by Crippen LogP contribution is 2.27. The molecular weight excluding hydrogens is 362 g/mol. The summed E-state index contributed by atoms with van der Waals surface area (Å²) in [7, 11) is 0. The van der Waals surface area contributed by atoms with E-state index in [2.05, 4.69) is 25.6 Å². The molecule has 0 unspecified atom stereocenters. The number of imidazole rings is 1. The zero-order chi connectivity index (χ0) is 20.5. The van der Waals surface area contributed by atoms with Crippen LogP contribution in [0.25, 0.3) is 11.2 Å². The normalized spacial score (nSPS) is 20.1. The van der Waals surface area contributed by atoms with Crippen LogP contribution in [0.4, 0.5) is 10.6 Å². The van der Waals surface area contributed by atoms with Gasteiger partial charge in [-0.05, 0) is 34.1 Å². The number of nitrogens with two attached hydrogens (primary N) is 1. The highest BCUT2D eigenvalue weighted by Gasteiger charge is 2.26. The van der Waals surface area contributed by atoms with E-state index < -0.39 is 17.7 Å². The molecule has 2 heterocycles. The van der Waals surface area contributed by atoms with Gasteiger partial charge in [-0.3, -0.25) is 4.79 Å². The van der Waals surface area contributed by atoms with Gasteiger partial charge >= 0.3 is 6.09 Å². The maximum Gasteiger partial charge on any atom is 0.408 e. The first-order chi connectivity index (χ1) is 13.1. The van der Waals surface area contributed by atoms with Gasteiger partial charge in [0.25, 0.3) is 0 Å². The van der Waals surface area contributed by atoms with Crippen LogP contribution in [0.3, 0.4) is 0 Å². The highest BCUT2D eigenvalue weighted by molar-refractivity contribution is 5.85. The number of carbonyl (C=O) groups excluding carboxylic acids is 2. The van der Waals surface area contributed by atoms with Crippen LogP contribution in [0.2, 0.25) is 0 Å². The van der Waals surface area contributed by atoms with Crippen LogP contribution in [-0.4, -0.2) is 49.2 Å². The van der Waals surface area contributed by atoms with E-state index in [1.54, 1.807) is 34.0 Å². The van der Waals surface area contributed by atoms with Gasteiger partial charge in [-0.25, -0.2) is 19.7 Å². The van der Waals surface area contributed by atoms with Crippen molar-refractivity contribution in [1.82, 2.24) is 30.2 Å². The minimum Gasteiger partial charge on any atom is -0.444 e. The van der Waals surface area contributed by atoms with Crippen LogP contribution in [0.1, 0.15) is 40.2 Å². The number of hydrogen-bond acceptors (Lipinski definition) is 7. The van der Waals surface area contributed by atoms with Crippen molar-refractivity contribution in [3.05, 3.63) is 24.8 Å². The van der Waals surface area contributed by atoms with Crippen molar-refractivity contribution in [1.29, 1.82) is 0 Å². The highest BCUT2D eigenvalue weighted by atomic mass is 16.6. The molecule has 10 nitrogen and oxygen atoms in total. The Bertz CT molecular complexity index is 916. The van der Waals surface area contributed by atoms with E-state index in [0.29, 0.717) is 23.4 Å². The molecule has 2 aromatic rings.